The van der Waals surface area contributed by atoms with Crippen LogP contribution in [-0.2, 0) is 28.9 Å². The number of para-hydroxylation sites is 1. The molecule has 4 heteroatoms. The van der Waals surface area contributed by atoms with Gasteiger partial charge in [-0.05, 0) is 12.0 Å². The molecule has 0 bridgehead atoms. The van der Waals surface area contributed by atoms with Crippen LogP contribution in [0.5, 0.6) is 0 Å². The summed E-state index contributed by atoms with van der Waals surface area (Å²) in [5.41, 5.74) is 4.32. The van der Waals surface area contributed by atoms with Crippen LogP contribution >= 0.6 is 11.6 Å². The number of rotatable bonds is 3. The first kappa shape index (κ1) is 12.9. The molecule has 0 unspecified atom stereocenters. The van der Waals surface area contributed by atoms with Gasteiger partial charge in [0, 0.05) is 24.5 Å². The van der Waals surface area contributed by atoms with E-state index in [1.54, 1.807) is 7.11 Å². The quantitative estimate of drug-likeness (QED) is 0.864. The van der Waals surface area contributed by atoms with Crippen molar-refractivity contribution in [3.8, 4) is 0 Å². The normalized spacial score (nSPS) is 14.6. The molecule has 1 aliphatic heterocycles. The maximum atomic E-state index is 6.51. The fourth-order valence-electron chi connectivity index (χ4n) is 2.50. The Morgan fingerprint density at radius 1 is 1.42 bits per heavy atom. The number of benzene rings is 1. The highest BCUT2D eigenvalue weighted by Crippen LogP contribution is 2.32. The molecule has 0 aliphatic carbocycles. The molecule has 2 heterocycles. The van der Waals surface area contributed by atoms with Crippen molar-refractivity contribution in [1.82, 2.24) is 4.98 Å². The van der Waals surface area contributed by atoms with Gasteiger partial charge in [0.15, 0.2) is 0 Å². The van der Waals surface area contributed by atoms with Crippen LogP contribution < -0.4 is 0 Å². The number of halogens is 1. The van der Waals surface area contributed by atoms with Crippen LogP contribution in [0.2, 0.25) is 5.02 Å². The van der Waals surface area contributed by atoms with Gasteiger partial charge in [-0.3, -0.25) is 4.98 Å². The van der Waals surface area contributed by atoms with Crippen LogP contribution in [-0.4, -0.2) is 25.3 Å². The van der Waals surface area contributed by atoms with Crippen LogP contribution in [0.15, 0.2) is 18.2 Å². The third kappa shape index (κ3) is 2.34. The zero-order valence-electron chi connectivity index (χ0n) is 10.9. The van der Waals surface area contributed by atoms with Crippen molar-refractivity contribution in [1.29, 1.82) is 0 Å². The highest BCUT2D eigenvalue weighted by molar-refractivity contribution is 6.36. The molecule has 1 aliphatic rings. The van der Waals surface area contributed by atoms with Gasteiger partial charge in [-0.15, -0.1) is 0 Å². The fourth-order valence-corrected chi connectivity index (χ4v) is 2.82. The van der Waals surface area contributed by atoms with E-state index in [0.29, 0.717) is 13.2 Å². The molecule has 3 rings (SSSR count). The molecule has 100 valence electrons. The predicted octanol–water partition coefficient (Wildman–Crippen LogP) is 3.15. The van der Waals surface area contributed by atoms with Crippen LogP contribution in [0, 0.1) is 0 Å². The van der Waals surface area contributed by atoms with Crippen LogP contribution in [0.4, 0.5) is 0 Å². The largest absolute Gasteiger partial charge is 0.384 e. The highest BCUT2D eigenvalue weighted by Gasteiger charge is 2.18. The van der Waals surface area contributed by atoms with E-state index in [-0.39, 0.29) is 0 Å². The second kappa shape index (κ2) is 5.45. The molecular formula is C15H16ClNO2. The number of nitrogens with zero attached hydrogens (tertiary/aromatic N) is 1. The lowest BCUT2D eigenvalue weighted by molar-refractivity contribution is 0.109. The first-order valence-corrected chi connectivity index (χ1v) is 6.84. The molecular weight excluding hydrogens is 262 g/mol. The average Bonchev–Trinajstić information content (AvgIpc) is 2.46. The van der Waals surface area contributed by atoms with Gasteiger partial charge in [0.05, 0.1) is 36.1 Å². The molecule has 2 aromatic rings. The van der Waals surface area contributed by atoms with Gasteiger partial charge >= 0.3 is 0 Å². The Balaban J connectivity index is 2.17. The van der Waals surface area contributed by atoms with Gasteiger partial charge in [0.2, 0.25) is 0 Å². The average molecular weight is 278 g/mol. The summed E-state index contributed by atoms with van der Waals surface area (Å²) in [6.45, 7) is 1.99. The zero-order valence-corrected chi connectivity index (χ0v) is 11.7. The van der Waals surface area contributed by atoms with Crippen molar-refractivity contribution in [3.63, 3.8) is 0 Å². The molecule has 0 fully saturated rings. The van der Waals surface area contributed by atoms with Crippen molar-refractivity contribution in [3.05, 3.63) is 40.0 Å². The van der Waals surface area contributed by atoms with Gasteiger partial charge in [0.1, 0.15) is 0 Å². The molecule has 3 nitrogen and oxygen atoms in total. The Bertz CT molecular complexity index is 613. The number of methoxy groups -OCH3 is 1. The number of pyridine rings is 1. The zero-order chi connectivity index (χ0) is 13.2. The Hall–Kier alpha value is -1.16. The molecule has 0 radical (unpaired) electrons. The third-order valence-corrected chi connectivity index (χ3v) is 3.95. The first-order chi connectivity index (χ1) is 9.31. The third-order valence-electron chi connectivity index (χ3n) is 3.52. The standard InChI is InChI=1S/C15H16ClNO2/c1-18-7-5-10-3-2-4-11-14(16)12-9-19-8-6-13(12)17-15(10)11/h2-4H,5-9H2,1H3. The SMILES string of the molecule is COCCc1cccc2c(Cl)c3c(nc12)CCOC3. The van der Waals surface area contributed by atoms with E-state index >= 15 is 0 Å². The maximum Gasteiger partial charge on any atom is 0.0753 e. The van der Waals surface area contributed by atoms with Crippen molar-refractivity contribution >= 4 is 22.5 Å². The number of fused-ring (bicyclic) bond motifs is 2. The number of aromatic nitrogens is 1. The summed E-state index contributed by atoms with van der Waals surface area (Å²) < 4.78 is 10.6. The second-order valence-electron chi connectivity index (χ2n) is 4.71. The summed E-state index contributed by atoms with van der Waals surface area (Å²) in [7, 11) is 1.71. The molecule has 0 atom stereocenters. The summed E-state index contributed by atoms with van der Waals surface area (Å²) in [6, 6.07) is 6.14. The summed E-state index contributed by atoms with van der Waals surface area (Å²) in [5, 5.41) is 1.80. The molecule has 0 amide bonds. The number of hydrogen-bond donors (Lipinski definition) is 0. The molecule has 0 spiro atoms. The molecule has 0 saturated carbocycles. The summed E-state index contributed by atoms with van der Waals surface area (Å²) in [4.78, 5) is 4.81. The van der Waals surface area contributed by atoms with E-state index in [0.717, 1.165) is 46.6 Å². The van der Waals surface area contributed by atoms with Crippen LogP contribution in [0.25, 0.3) is 10.9 Å². The lowest BCUT2D eigenvalue weighted by Crippen LogP contribution is -2.13. The van der Waals surface area contributed by atoms with Crippen LogP contribution in [0.1, 0.15) is 16.8 Å². The maximum absolute atomic E-state index is 6.51. The highest BCUT2D eigenvalue weighted by atomic mass is 35.5. The van der Waals surface area contributed by atoms with Crippen molar-refractivity contribution in [2.24, 2.45) is 0 Å². The predicted molar refractivity (Wildman–Crippen MR) is 75.7 cm³/mol. The van der Waals surface area contributed by atoms with Gasteiger partial charge in [-0.2, -0.15) is 0 Å². The molecule has 0 N–H and O–H groups in total. The van der Waals surface area contributed by atoms with Crippen molar-refractivity contribution < 1.29 is 9.47 Å². The Morgan fingerprint density at radius 3 is 3.16 bits per heavy atom. The van der Waals surface area contributed by atoms with Crippen molar-refractivity contribution in [2.45, 2.75) is 19.4 Å². The van der Waals surface area contributed by atoms with Crippen molar-refractivity contribution in [2.75, 3.05) is 20.3 Å². The minimum absolute atomic E-state index is 0.569. The van der Waals surface area contributed by atoms with E-state index in [1.165, 1.54) is 5.56 Å². The summed E-state index contributed by atoms with van der Waals surface area (Å²) >= 11 is 6.51. The van der Waals surface area contributed by atoms with E-state index < -0.39 is 0 Å². The van der Waals surface area contributed by atoms with E-state index in [2.05, 4.69) is 6.07 Å². The summed E-state index contributed by atoms with van der Waals surface area (Å²) in [6.07, 6.45) is 1.69. The number of ether oxygens (including phenoxy) is 2. The lowest BCUT2D eigenvalue weighted by Gasteiger charge is -2.19. The fraction of sp³-hybridized carbons (Fsp3) is 0.400. The lowest BCUT2D eigenvalue weighted by atomic mass is 10.0. The first-order valence-electron chi connectivity index (χ1n) is 6.47. The molecule has 0 saturated heterocycles. The van der Waals surface area contributed by atoms with Gasteiger partial charge < -0.3 is 9.47 Å². The van der Waals surface area contributed by atoms with Gasteiger partial charge in [-0.1, -0.05) is 29.8 Å². The Morgan fingerprint density at radius 2 is 2.32 bits per heavy atom. The Labute approximate surface area is 117 Å². The second-order valence-corrected chi connectivity index (χ2v) is 5.09. The Kier molecular flexibility index (Phi) is 3.69. The summed E-state index contributed by atoms with van der Waals surface area (Å²) in [5.74, 6) is 0. The minimum Gasteiger partial charge on any atom is -0.384 e. The smallest absolute Gasteiger partial charge is 0.0753 e. The molecule has 19 heavy (non-hydrogen) atoms. The van der Waals surface area contributed by atoms with E-state index in [4.69, 9.17) is 26.1 Å². The van der Waals surface area contributed by atoms with Crippen LogP contribution in [0.3, 0.4) is 0 Å². The van der Waals surface area contributed by atoms with Gasteiger partial charge in [-0.25, -0.2) is 0 Å². The van der Waals surface area contributed by atoms with Gasteiger partial charge in [0.25, 0.3) is 0 Å². The molecule has 1 aromatic heterocycles. The minimum atomic E-state index is 0.569. The number of hydrogen-bond acceptors (Lipinski definition) is 3. The van der Waals surface area contributed by atoms with E-state index in [1.807, 2.05) is 12.1 Å². The topological polar surface area (TPSA) is 31.4 Å². The van der Waals surface area contributed by atoms with E-state index in [9.17, 15) is 0 Å². The monoisotopic (exact) mass is 277 g/mol. The molecule has 1 aromatic carbocycles.